The van der Waals surface area contributed by atoms with Crippen molar-refractivity contribution in [3.63, 3.8) is 0 Å². The van der Waals surface area contributed by atoms with Crippen LogP contribution in [0.25, 0.3) is 21.9 Å². The fourth-order valence-corrected chi connectivity index (χ4v) is 5.43. The molecule has 1 unspecified atom stereocenters. The number of allylic oxidation sites excluding steroid dienone is 7. The van der Waals surface area contributed by atoms with Gasteiger partial charge in [-0.15, -0.1) is 0 Å². The highest BCUT2D eigenvalue weighted by Gasteiger charge is 2.48. The number of hydrogen-bond acceptors (Lipinski definition) is 3. The molecule has 4 aliphatic carbocycles. The maximum absolute atomic E-state index is 12.5. The molecule has 0 saturated heterocycles. The van der Waals surface area contributed by atoms with Crippen LogP contribution in [0.5, 0.6) is 0 Å². The Morgan fingerprint density at radius 2 is 1.81 bits per heavy atom. The Morgan fingerprint density at radius 3 is 2.74 bits per heavy atom. The first-order chi connectivity index (χ1) is 13.2. The van der Waals surface area contributed by atoms with E-state index in [9.17, 15) is 9.59 Å². The number of rotatable bonds is 0. The van der Waals surface area contributed by atoms with Crippen LogP contribution in [-0.2, 0) is 14.3 Å². The number of fused-ring (bicyclic) bond motifs is 3. The minimum Gasteiger partial charge on any atom is -0.386 e. The van der Waals surface area contributed by atoms with Gasteiger partial charge in [-0.05, 0) is 56.2 Å². The second kappa shape index (κ2) is 4.26. The topological polar surface area (TPSA) is 43.4 Å². The van der Waals surface area contributed by atoms with Gasteiger partial charge in [0.15, 0.2) is 0 Å². The highest BCUT2D eigenvalue weighted by atomic mass is 16.6. The van der Waals surface area contributed by atoms with Crippen LogP contribution in [0, 0.1) is 0 Å². The number of ether oxygens (including phenoxy) is 1. The van der Waals surface area contributed by atoms with E-state index in [0.29, 0.717) is 11.1 Å². The van der Waals surface area contributed by atoms with Gasteiger partial charge >= 0.3 is 11.9 Å². The number of benzene rings is 2. The third-order valence-corrected chi connectivity index (χ3v) is 6.39. The summed E-state index contributed by atoms with van der Waals surface area (Å²) in [6, 6.07) is 10.4. The van der Waals surface area contributed by atoms with Gasteiger partial charge in [0.1, 0.15) is 0 Å². The first-order valence-electron chi connectivity index (χ1n) is 9.13. The van der Waals surface area contributed by atoms with Gasteiger partial charge in [-0.1, -0.05) is 54.6 Å². The summed E-state index contributed by atoms with van der Waals surface area (Å²) in [5.41, 5.74) is 8.81. The molecular weight excluding hydrogens is 336 g/mol. The second-order valence-corrected chi connectivity index (χ2v) is 7.54. The maximum atomic E-state index is 12.5. The van der Waals surface area contributed by atoms with Crippen molar-refractivity contribution in [3.8, 4) is 0 Å². The zero-order chi connectivity index (χ0) is 17.9. The molecule has 1 aliphatic heterocycles. The Labute approximate surface area is 154 Å². The minimum absolute atomic E-state index is 0.00394. The van der Waals surface area contributed by atoms with Crippen LogP contribution in [0.2, 0.25) is 0 Å². The third kappa shape index (κ3) is 1.40. The van der Waals surface area contributed by atoms with E-state index in [1.54, 1.807) is 0 Å². The Morgan fingerprint density at radius 1 is 0.926 bits per heavy atom. The van der Waals surface area contributed by atoms with E-state index in [2.05, 4.69) is 36.4 Å². The monoisotopic (exact) mass is 348 g/mol. The Kier molecular flexibility index (Phi) is 2.16. The second-order valence-electron chi connectivity index (χ2n) is 7.54. The molecule has 126 valence electrons. The van der Waals surface area contributed by atoms with Crippen molar-refractivity contribution in [3.05, 3.63) is 93.6 Å². The molecule has 0 N–H and O–H groups in total. The van der Waals surface area contributed by atoms with E-state index in [1.165, 1.54) is 27.7 Å². The molecule has 5 aliphatic rings. The first kappa shape index (κ1) is 13.7. The van der Waals surface area contributed by atoms with Crippen LogP contribution >= 0.6 is 0 Å². The normalized spacial score (nSPS) is 23.5. The standard InChI is InChI=1S/C24H12O3/c25-23-21-15-9-7-11-3-1-5-13-14-6-2-4-12-8-10-16(22(21)24(26)27-23)20(18(12)14)19(15)17(11)13/h1-3,5-10,20H,4H2. The van der Waals surface area contributed by atoms with Crippen LogP contribution in [0.15, 0.2) is 76.9 Å². The van der Waals surface area contributed by atoms with Crippen molar-refractivity contribution in [2.75, 3.05) is 0 Å². The first-order valence-corrected chi connectivity index (χ1v) is 9.13. The molecular formula is C24H12O3. The van der Waals surface area contributed by atoms with Crippen molar-refractivity contribution in [2.24, 2.45) is 0 Å². The van der Waals surface area contributed by atoms with Crippen LogP contribution < -0.4 is 0 Å². The lowest BCUT2D eigenvalue weighted by Crippen LogP contribution is -2.25. The zero-order valence-electron chi connectivity index (χ0n) is 14.2. The largest absolute Gasteiger partial charge is 0.386 e. The van der Waals surface area contributed by atoms with E-state index < -0.39 is 11.9 Å². The third-order valence-electron chi connectivity index (χ3n) is 6.39. The number of cyclic esters (lactones) is 2. The molecule has 0 amide bonds. The average molecular weight is 348 g/mol. The summed E-state index contributed by atoms with van der Waals surface area (Å²) in [5.74, 6) is -1.05. The molecule has 1 heterocycles. The number of carbonyl (C=O) groups excluding carboxylic acids is 2. The van der Waals surface area contributed by atoms with Gasteiger partial charge in [0.2, 0.25) is 0 Å². The summed E-state index contributed by atoms with van der Waals surface area (Å²) in [5, 5.41) is 2.35. The molecule has 1 atom stereocenters. The minimum atomic E-state index is -0.527. The average Bonchev–Trinajstić information content (AvgIpc) is 3.00. The fourth-order valence-electron chi connectivity index (χ4n) is 5.43. The van der Waals surface area contributed by atoms with Crippen LogP contribution in [0.1, 0.15) is 29.0 Å². The van der Waals surface area contributed by atoms with Crippen LogP contribution in [-0.4, -0.2) is 11.9 Å². The van der Waals surface area contributed by atoms with Crippen molar-refractivity contribution < 1.29 is 14.3 Å². The van der Waals surface area contributed by atoms with Crippen LogP contribution in [0.4, 0.5) is 0 Å². The molecule has 3 nitrogen and oxygen atoms in total. The molecule has 0 spiro atoms. The molecule has 0 radical (unpaired) electrons. The molecule has 2 aromatic carbocycles. The highest BCUT2D eigenvalue weighted by Crippen LogP contribution is 2.59. The lowest BCUT2D eigenvalue weighted by molar-refractivity contribution is -0.150. The number of esters is 2. The number of carbonyl (C=O) groups is 2. The summed E-state index contributed by atoms with van der Waals surface area (Å²) < 4.78 is 5.03. The van der Waals surface area contributed by atoms with Crippen molar-refractivity contribution in [1.82, 2.24) is 0 Å². The van der Waals surface area contributed by atoms with E-state index in [0.717, 1.165) is 28.5 Å². The zero-order valence-corrected chi connectivity index (χ0v) is 14.2. The van der Waals surface area contributed by atoms with E-state index in [-0.39, 0.29) is 5.92 Å². The van der Waals surface area contributed by atoms with Gasteiger partial charge in [0.05, 0.1) is 11.1 Å². The van der Waals surface area contributed by atoms with Gasteiger partial charge in [-0.2, -0.15) is 0 Å². The van der Waals surface area contributed by atoms with Gasteiger partial charge < -0.3 is 4.74 Å². The predicted octanol–water partition coefficient (Wildman–Crippen LogP) is 4.37. The Hall–Kier alpha value is -3.46. The molecule has 7 rings (SSSR count). The Bertz CT molecular complexity index is 1340. The predicted molar refractivity (Wildman–Crippen MR) is 102 cm³/mol. The molecule has 0 bridgehead atoms. The van der Waals surface area contributed by atoms with E-state index >= 15 is 0 Å². The quantitative estimate of drug-likeness (QED) is 0.525. The highest BCUT2D eigenvalue weighted by molar-refractivity contribution is 6.34. The Balaban J connectivity index is 1.76. The lowest BCUT2D eigenvalue weighted by atomic mass is 9.62. The summed E-state index contributed by atoms with van der Waals surface area (Å²) in [6.07, 6.45) is 9.43. The molecule has 0 fully saturated rings. The summed E-state index contributed by atoms with van der Waals surface area (Å²) >= 11 is 0. The van der Waals surface area contributed by atoms with Crippen molar-refractivity contribution >= 4 is 33.9 Å². The van der Waals surface area contributed by atoms with Gasteiger partial charge in [0.25, 0.3) is 0 Å². The van der Waals surface area contributed by atoms with Gasteiger partial charge in [-0.25, -0.2) is 9.59 Å². The van der Waals surface area contributed by atoms with Gasteiger partial charge in [-0.3, -0.25) is 0 Å². The lowest BCUT2D eigenvalue weighted by Gasteiger charge is -2.40. The van der Waals surface area contributed by atoms with Crippen molar-refractivity contribution in [2.45, 2.75) is 12.3 Å². The molecule has 2 aromatic rings. The van der Waals surface area contributed by atoms with Crippen LogP contribution in [0.3, 0.4) is 0 Å². The molecule has 0 saturated carbocycles. The SMILES string of the molecule is O=C1OC(=O)C2=C1C1=CC=C3CC=CC4=C3C1c1c2ccc2cccc4c12. The fraction of sp³-hybridized carbons (Fsp3) is 0.0833. The van der Waals surface area contributed by atoms with E-state index in [4.69, 9.17) is 4.74 Å². The van der Waals surface area contributed by atoms with Crippen molar-refractivity contribution in [1.29, 1.82) is 0 Å². The van der Waals surface area contributed by atoms with E-state index in [1.807, 2.05) is 18.2 Å². The summed E-state index contributed by atoms with van der Waals surface area (Å²) in [6.45, 7) is 0. The maximum Gasteiger partial charge on any atom is 0.347 e. The molecule has 27 heavy (non-hydrogen) atoms. The molecule has 0 aromatic heterocycles. The number of hydrogen-bond donors (Lipinski definition) is 0. The van der Waals surface area contributed by atoms with Gasteiger partial charge in [0, 0.05) is 5.92 Å². The summed E-state index contributed by atoms with van der Waals surface area (Å²) in [7, 11) is 0. The molecule has 3 heteroatoms. The smallest absolute Gasteiger partial charge is 0.347 e. The summed E-state index contributed by atoms with van der Waals surface area (Å²) in [4.78, 5) is 25.0.